The largest absolute Gasteiger partial charge is 0.465 e. The molecule has 1 aliphatic rings. The van der Waals surface area contributed by atoms with Gasteiger partial charge in [0.05, 0.1) is 17.5 Å². The number of halogens is 7. The van der Waals surface area contributed by atoms with Gasteiger partial charge in [-0.05, 0) is 59.0 Å². The molecule has 5 nitrogen and oxygen atoms in total. The summed E-state index contributed by atoms with van der Waals surface area (Å²) in [5.74, 6) is -1.16. The van der Waals surface area contributed by atoms with E-state index >= 15 is 0 Å². The van der Waals surface area contributed by atoms with Crippen LogP contribution in [0.3, 0.4) is 0 Å². The molecule has 0 aliphatic carbocycles. The molecule has 0 aromatic heterocycles. The highest BCUT2D eigenvalue weighted by Gasteiger charge is 2.37. The minimum atomic E-state index is -5.02. The minimum Gasteiger partial charge on any atom is -0.465 e. The maximum atomic E-state index is 13.4. The van der Waals surface area contributed by atoms with Crippen molar-refractivity contribution in [2.45, 2.75) is 31.7 Å². The molecule has 0 unspecified atom stereocenters. The lowest BCUT2D eigenvalue weighted by molar-refractivity contribution is -0.143. The molecule has 2 amide bonds. The van der Waals surface area contributed by atoms with Gasteiger partial charge in [-0.3, -0.25) is 4.79 Å². The third-order valence-corrected chi connectivity index (χ3v) is 5.78. The lowest BCUT2D eigenvalue weighted by Gasteiger charge is -2.21. The SMILES string of the molecule is CN(Cc1cc(C(F)(F)F)cc(C(F)(F)F)c1)C(=O)CC(=C1CCN(C(=O)O)C1)c1ccc(F)cc1. The van der Waals surface area contributed by atoms with E-state index in [9.17, 15) is 45.4 Å². The molecule has 1 heterocycles. The van der Waals surface area contributed by atoms with E-state index < -0.39 is 47.8 Å². The summed E-state index contributed by atoms with van der Waals surface area (Å²) in [6, 6.07) is 6.27. The van der Waals surface area contributed by atoms with Crippen LogP contribution >= 0.6 is 0 Å². The first-order chi connectivity index (χ1) is 16.6. The van der Waals surface area contributed by atoms with Crippen LogP contribution in [0, 0.1) is 5.82 Å². The van der Waals surface area contributed by atoms with Gasteiger partial charge in [-0.15, -0.1) is 0 Å². The summed E-state index contributed by atoms with van der Waals surface area (Å²) >= 11 is 0. The number of benzene rings is 2. The summed E-state index contributed by atoms with van der Waals surface area (Å²) in [4.78, 5) is 26.4. The third-order valence-electron chi connectivity index (χ3n) is 5.78. The quantitative estimate of drug-likeness (QED) is 0.491. The number of likely N-dealkylation sites (tertiary alicyclic amines) is 1. The molecular weight excluding hydrogens is 497 g/mol. The lowest BCUT2D eigenvalue weighted by atomic mass is 9.95. The van der Waals surface area contributed by atoms with Gasteiger partial charge in [0.1, 0.15) is 5.82 Å². The summed E-state index contributed by atoms with van der Waals surface area (Å²) in [5.41, 5.74) is -1.83. The fourth-order valence-corrected chi connectivity index (χ4v) is 3.91. The van der Waals surface area contributed by atoms with Crippen LogP contribution in [0.2, 0.25) is 0 Å². The van der Waals surface area contributed by atoms with Gasteiger partial charge in [0.15, 0.2) is 0 Å². The van der Waals surface area contributed by atoms with Gasteiger partial charge in [-0.1, -0.05) is 12.1 Å². The second-order valence-corrected chi connectivity index (χ2v) is 8.38. The molecule has 0 spiro atoms. The van der Waals surface area contributed by atoms with Crippen molar-refractivity contribution < 1.29 is 45.4 Å². The van der Waals surface area contributed by atoms with Gasteiger partial charge in [-0.25, -0.2) is 9.18 Å². The van der Waals surface area contributed by atoms with Crippen LogP contribution in [0.15, 0.2) is 48.0 Å². The van der Waals surface area contributed by atoms with E-state index in [1.165, 1.54) is 19.2 Å². The zero-order valence-corrected chi connectivity index (χ0v) is 18.9. The van der Waals surface area contributed by atoms with E-state index in [2.05, 4.69) is 0 Å². The Morgan fingerprint density at radius 1 is 0.972 bits per heavy atom. The van der Waals surface area contributed by atoms with Crippen LogP contribution in [0.4, 0.5) is 35.5 Å². The van der Waals surface area contributed by atoms with Crippen LogP contribution in [0.1, 0.15) is 35.1 Å². The Morgan fingerprint density at radius 3 is 2.00 bits per heavy atom. The number of carboxylic acid groups (broad SMARTS) is 1. The highest BCUT2D eigenvalue weighted by atomic mass is 19.4. The third kappa shape index (κ3) is 6.55. The summed E-state index contributed by atoms with van der Waals surface area (Å²) < 4.78 is 92.4. The Kier molecular flexibility index (Phi) is 7.65. The Labute approximate surface area is 201 Å². The number of rotatable bonds is 5. The number of alkyl halides is 6. The van der Waals surface area contributed by atoms with Crippen LogP contribution in [-0.2, 0) is 23.7 Å². The average molecular weight is 518 g/mol. The zero-order valence-electron chi connectivity index (χ0n) is 18.9. The van der Waals surface area contributed by atoms with Crippen molar-refractivity contribution in [2.24, 2.45) is 0 Å². The van der Waals surface area contributed by atoms with Crippen LogP contribution in [0.25, 0.3) is 5.57 Å². The Hall–Kier alpha value is -3.57. The second-order valence-electron chi connectivity index (χ2n) is 8.38. The van der Waals surface area contributed by atoms with Crippen LogP contribution < -0.4 is 0 Å². The van der Waals surface area contributed by atoms with Gasteiger partial charge in [-0.2, -0.15) is 26.3 Å². The smallest absolute Gasteiger partial charge is 0.416 e. The zero-order chi connectivity index (χ0) is 26.8. The van der Waals surface area contributed by atoms with Crippen molar-refractivity contribution in [3.05, 3.63) is 76.1 Å². The number of hydrogen-bond acceptors (Lipinski definition) is 2. The molecule has 1 saturated heterocycles. The topological polar surface area (TPSA) is 60.9 Å². The fraction of sp³-hybridized carbons (Fsp3) is 0.333. The van der Waals surface area contributed by atoms with Crippen molar-refractivity contribution in [1.29, 1.82) is 0 Å². The molecule has 2 aromatic carbocycles. The molecule has 12 heteroatoms. The average Bonchev–Trinajstić information content (AvgIpc) is 3.27. The summed E-state index contributed by atoms with van der Waals surface area (Å²) in [6.45, 7) is -0.329. The second kappa shape index (κ2) is 10.2. The molecular formula is C24H21F7N2O3. The van der Waals surface area contributed by atoms with Crippen molar-refractivity contribution in [3.8, 4) is 0 Å². The molecule has 0 atom stereocenters. The van der Waals surface area contributed by atoms with Crippen LogP contribution in [-0.4, -0.2) is 47.0 Å². The van der Waals surface area contributed by atoms with E-state index in [-0.39, 0.29) is 31.1 Å². The summed E-state index contributed by atoms with van der Waals surface area (Å²) in [6.07, 6.45) is -11.2. The van der Waals surface area contributed by atoms with Gasteiger partial charge in [0.2, 0.25) is 5.91 Å². The van der Waals surface area contributed by atoms with Crippen molar-refractivity contribution in [3.63, 3.8) is 0 Å². The van der Waals surface area contributed by atoms with E-state index in [4.69, 9.17) is 0 Å². The molecule has 0 bridgehead atoms. The standard InChI is InChI=1S/C24H21F7N2O3/c1-32(12-14-8-17(23(26,27)28)10-18(9-14)24(29,30)31)21(34)11-20(15-2-4-19(25)5-3-15)16-6-7-33(13-16)22(35)36/h2-5,8-10H,6-7,11-13H2,1H3,(H,35,36). The van der Waals surface area contributed by atoms with Crippen molar-refractivity contribution >= 4 is 17.6 Å². The predicted octanol–water partition coefficient (Wildman–Crippen LogP) is 6.05. The maximum absolute atomic E-state index is 13.4. The Bertz CT molecular complexity index is 1140. The maximum Gasteiger partial charge on any atom is 0.416 e. The van der Waals surface area contributed by atoms with Gasteiger partial charge in [0, 0.05) is 26.7 Å². The summed E-state index contributed by atoms with van der Waals surface area (Å²) in [5, 5.41) is 9.23. The molecule has 0 radical (unpaired) electrons. The number of amides is 2. The van der Waals surface area contributed by atoms with Gasteiger partial charge < -0.3 is 14.9 Å². The Morgan fingerprint density at radius 2 is 1.53 bits per heavy atom. The number of hydrogen-bond donors (Lipinski definition) is 1. The van der Waals surface area contributed by atoms with E-state index in [0.717, 1.165) is 21.9 Å². The normalized spacial score (nSPS) is 15.7. The molecule has 1 aliphatic heterocycles. The van der Waals surface area contributed by atoms with Gasteiger partial charge in [0.25, 0.3) is 0 Å². The highest BCUT2D eigenvalue weighted by Crippen LogP contribution is 2.37. The molecule has 1 fully saturated rings. The molecule has 2 aromatic rings. The highest BCUT2D eigenvalue weighted by molar-refractivity contribution is 5.90. The number of carbonyl (C=O) groups excluding carboxylic acids is 1. The molecule has 1 N–H and O–H groups in total. The first-order valence-corrected chi connectivity index (χ1v) is 10.6. The summed E-state index contributed by atoms with van der Waals surface area (Å²) in [7, 11) is 1.24. The van der Waals surface area contributed by atoms with Gasteiger partial charge >= 0.3 is 18.4 Å². The molecule has 0 saturated carbocycles. The lowest BCUT2D eigenvalue weighted by Crippen LogP contribution is -2.27. The number of carbonyl (C=O) groups is 2. The first-order valence-electron chi connectivity index (χ1n) is 10.6. The van der Waals surface area contributed by atoms with E-state index in [1.54, 1.807) is 0 Å². The van der Waals surface area contributed by atoms with Crippen LogP contribution in [0.5, 0.6) is 0 Å². The first kappa shape index (κ1) is 27.0. The molecule has 3 rings (SSSR count). The van der Waals surface area contributed by atoms with Crippen molar-refractivity contribution in [1.82, 2.24) is 9.80 Å². The number of nitrogens with zero attached hydrogens (tertiary/aromatic N) is 2. The minimum absolute atomic E-state index is 0.0106. The molecule has 194 valence electrons. The fourth-order valence-electron chi connectivity index (χ4n) is 3.91. The predicted molar refractivity (Wildman–Crippen MR) is 115 cm³/mol. The molecule has 36 heavy (non-hydrogen) atoms. The van der Waals surface area contributed by atoms with E-state index in [1.807, 2.05) is 0 Å². The monoisotopic (exact) mass is 518 g/mol. The Balaban J connectivity index is 1.88. The van der Waals surface area contributed by atoms with Crippen molar-refractivity contribution in [2.75, 3.05) is 20.1 Å². The van der Waals surface area contributed by atoms with E-state index in [0.29, 0.717) is 35.3 Å².